The van der Waals surface area contributed by atoms with Gasteiger partial charge in [-0.05, 0) is 43.4 Å². The summed E-state index contributed by atoms with van der Waals surface area (Å²) in [6.45, 7) is 5.67. The second-order valence-electron chi connectivity index (χ2n) is 5.46. The van der Waals surface area contributed by atoms with E-state index in [9.17, 15) is 0 Å². The van der Waals surface area contributed by atoms with Crippen LogP contribution in [-0.4, -0.2) is 35.1 Å². The largest absolute Gasteiger partial charge is 0.310 e. The SMILES string of the molecule is Cc1cnccc1CN1CCC(NC2CC2)C1. The van der Waals surface area contributed by atoms with E-state index in [1.54, 1.807) is 0 Å². The molecule has 0 aromatic carbocycles. The Hall–Kier alpha value is -0.930. The lowest BCUT2D eigenvalue weighted by atomic mass is 10.1. The highest BCUT2D eigenvalue weighted by atomic mass is 15.2. The van der Waals surface area contributed by atoms with Gasteiger partial charge in [-0.25, -0.2) is 0 Å². The Morgan fingerprint density at radius 3 is 3.00 bits per heavy atom. The van der Waals surface area contributed by atoms with Gasteiger partial charge in [0.15, 0.2) is 0 Å². The summed E-state index contributed by atoms with van der Waals surface area (Å²) >= 11 is 0. The van der Waals surface area contributed by atoms with Crippen LogP contribution in [0, 0.1) is 6.92 Å². The van der Waals surface area contributed by atoms with Crippen LogP contribution in [-0.2, 0) is 6.54 Å². The highest BCUT2D eigenvalue weighted by Gasteiger charge is 2.29. The molecule has 1 atom stereocenters. The summed E-state index contributed by atoms with van der Waals surface area (Å²) < 4.78 is 0. The fourth-order valence-corrected chi connectivity index (χ4v) is 2.62. The Morgan fingerprint density at radius 1 is 1.35 bits per heavy atom. The molecule has 1 aromatic rings. The topological polar surface area (TPSA) is 28.2 Å². The van der Waals surface area contributed by atoms with Crippen molar-refractivity contribution < 1.29 is 0 Å². The Balaban J connectivity index is 1.54. The van der Waals surface area contributed by atoms with Crippen molar-refractivity contribution in [1.29, 1.82) is 0 Å². The maximum absolute atomic E-state index is 4.15. The van der Waals surface area contributed by atoms with Crippen molar-refractivity contribution in [3.8, 4) is 0 Å². The molecule has 1 saturated heterocycles. The summed E-state index contributed by atoms with van der Waals surface area (Å²) in [6.07, 6.45) is 7.95. The lowest BCUT2D eigenvalue weighted by Gasteiger charge is -2.17. The van der Waals surface area contributed by atoms with Crippen molar-refractivity contribution in [3.05, 3.63) is 29.6 Å². The molecule has 1 N–H and O–H groups in total. The molecule has 0 bridgehead atoms. The van der Waals surface area contributed by atoms with Crippen molar-refractivity contribution in [1.82, 2.24) is 15.2 Å². The highest BCUT2D eigenvalue weighted by molar-refractivity contribution is 5.21. The molecule has 17 heavy (non-hydrogen) atoms. The molecule has 0 radical (unpaired) electrons. The predicted octanol–water partition coefficient (Wildman–Crippen LogP) is 1.72. The molecule has 1 aromatic heterocycles. The first-order chi connectivity index (χ1) is 8.31. The first-order valence-electron chi connectivity index (χ1n) is 6.69. The monoisotopic (exact) mass is 231 g/mol. The average molecular weight is 231 g/mol. The summed E-state index contributed by atoms with van der Waals surface area (Å²) in [6, 6.07) is 3.71. The van der Waals surface area contributed by atoms with Crippen LogP contribution in [0.25, 0.3) is 0 Å². The maximum atomic E-state index is 4.15. The van der Waals surface area contributed by atoms with Crippen molar-refractivity contribution >= 4 is 0 Å². The molecule has 2 heterocycles. The van der Waals surface area contributed by atoms with Crippen LogP contribution >= 0.6 is 0 Å². The minimum atomic E-state index is 0.727. The van der Waals surface area contributed by atoms with Gasteiger partial charge >= 0.3 is 0 Å². The summed E-state index contributed by atoms with van der Waals surface area (Å²) in [5, 5.41) is 3.73. The van der Waals surface area contributed by atoms with Crippen molar-refractivity contribution in [2.75, 3.05) is 13.1 Å². The lowest BCUT2D eigenvalue weighted by Crippen LogP contribution is -2.33. The lowest BCUT2D eigenvalue weighted by molar-refractivity contribution is 0.319. The normalized spacial score (nSPS) is 25.4. The van der Waals surface area contributed by atoms with Gasteiger partial charge in [0.25, 0.3) is 0 Å². The molecule has 92 valence electrons. The number of nitrogens with zero attached hydrogens (tertiary/aromatic N) is 2. The number of nitrogens with one attached hydrogen (secondary N) is 1. The molecule has 3 rings (SSSR count). The number of aryl methyl sites for hydroxylation is 1. The van der Waals surface area contributed by atoms with Crippen molar-refractivity contribution in [2.24, 2.45) is 0 Å². The van der Waals surface area contributed by atoms with E-state index >= 15 is 0 Å². The van der Waals surface area contributed by atoms with Crippen LogP contribution in [0.5, 0.6) is 0 Å². The number of likely N-dealkylation sites (tertiary alicyclic amines) is 1. The van der Waals surface area contributed by atoms with E-state index in [4.69, 9.17) is 0 Å². The van der Waals surface area contributed by atoms with Crippen LogP contribution in [0.15, 0.2) is 18.5 Å². The summed E-state index contributed by atoms with van der Waals surface area (Å²) in [5.74, 6) is 0. The quantitative estimate of drug-likeness (QED) is 0.855. The molecule has 3 heteroatoms. The van der Waals surface area contributed by atoms with Gasteiger partial charge in [-0.15, -0.1) is 0 Å². The fraction of sp³-hybridized carbons (Fsp3) is 0.643. The first-order valence-corrected chi connectivity index (χ1v) is 6.69. The summed E-state index contributed by atoms with van der Waals surface area (Å²) in [7, 11) is 0. The molecule has 1 aliphatic heterocycles. The fourth-order valence-electron chi connectivity index (χ4n) is 2.62. The average Bonchev–Trinajstić information content (AvgIpc) is 3.02. The first kappa shape index (κ1) is 11.2. The number of hydrogen-bond donors (Lipinski definition) is 1. The number of hydrogen-bond acceptors (Lipinski definition) is 3. The van der Waals surface area contributed by atoms with Crippen molar-refractivity contribution in [2.45, 2.75) is 44.8 Å². The third-order valence-electron chi connectivity index (χ3n) is 3.85. The van der Waals surface area contributed by atoms with Gasteiger partial charge in [-0.2, -0.15) is 0 Å². The Labute approximate surface area is 103 Å². The molecule has 0 spiro atoms. The Bertz CT molecular complexity index is 387. The molecule has 0 amide bonds. The van der Waals surface area contributed by atoms with E-state index in [2.05, 4.69) is 28.2 Å². The van der Waals surface area contributed by atoms with E-state index in [-0.39, 0.29) is 0 Å². The van der Waals surface area contributed by atoms with Gasteiger partial charge in [0, 0.05) is 44.1 Å². The minimum Gasteiger partial charge on any atom is -0.310 e. The Kier molecular flexibility index (Phi) is 3.12. The van der Waals surface area contributed by atoms with E-state index in [1.165, 1.54) is 43.5 Å². The molecule has 1 saturated carbocycles. The molecule has 1 unspecified atom stereocenters. The molecular formula is C14H21N3. The van der Waals surface area contributed by atoms with E-state index in [1.807, 2.05) is 12.4 Å². The summed E-state index contributed by atoms with van der Waals surface area (Å²) in [4.78, 5) is 6.71. The number of rotatable bonds is 4. The van der Waals surface area contributed by atoms with Crippen LogP contribution in [0.3, 0.4) is 0 Å². The van der Waals surface area contributed by atoms with Crippen LogP contribution in [0.4, 0.5) is 0 Å². The van der Waals surface area contributed by atoms with Crippen LogP contribution in [0.2, 0.25) is 0 Å². The molecule has 2 fully saturated rings. The third kappa shape index (κ3) is 2.85. The second kappa shape index (κ2) is 4.75. The number of aromatic nitrogens is 1. The van der Waals surface area contributed by atoms with E-state index in [0.717, 1.165) is 18.6 Å². The smallest absolute Gasteiger partial charge is 0.0300 e. The second-order valence-corrected chi connectivity index (χ2v) is 5.46. The van der Waals surface area contributed by atoms with E-state index < -0.39 is 0 Å². The summed E-state index contributed by atoms with van der Waals surface area (Å²) in [5.41, 5.74) is 2.73. The van der Waals surface area contributed by atoms with Gasteiger partial charge < -0.3 is 5.32 Å². The predicted molar refractivity (Wildman–Crippen MR) is 68.8 cm³/mol. The zero-order valence-corrected chi connectivity index (χ0v) is 10.5. The zero-order chi connectivity index (χ0) is 11.7. The Morgan fingerprint density at radius 2 is 2.24 bits per heavy atom. The van der Waals surface area contributed by atoms with Gasteiger partial charge in [0.2, 0.25) is 0 Å². The minimum absolute atomic E-state index is 0.727. The molecule has 2 aliphatic rings. The molecule has 1 aliphatic carbocycles. The van der Waals surface area contributed by atoms with E-state index in [0.29, 0.717) is 0 Å². The van der Waals surface area contributed by atoms with Gasteiger partial charge in [-0.3, -0.25) is 9.88 Å². The van der Waals surface area contributed by atoms with Crippen LogP contribution < -0.4 is 5.32 Å². The van der Waals surface area contributed by atoms with Crippen molar-refractivity contribution in [3.63, 3.8) is 0 Å². The molecule has 3 nitrogen and oxygen atoms in total. The van der Waals surface area contributed by atoms with Gasteiger partial charge in [0.1, 0.15) is 0 Å². The van der Waals surface area contributed by atoms with Crippen LogP contribution in [0.1, 0.15) is 30.4 Å². The zero-order valence-electron chi connectivity index (χ0n) is 10.5. The highest BCUT2D eigenvalue weighted by Crippen LogP contribution is 2.22. The standard InChI is InChI=1S/C14H21N3/c1-11-8-15-6-4-12(11)9-17-7-5-14(10-17)16-13-2-3-13/h4,6,8,13-14,16H,2-3,5,7,9-10H2,1H3. The van der Waals surface area contributed by atoms with Gasteiger partial charge in [-0.1, -0.05) is 0 Å². The molecular weight excluding hydrogens is 210 g/mol. The van der Waals surface area contributed by atoms with Gasteiger partial charge in [0.05, 0.1) is 0 Å². The maximum Gasteiger partial charge on any atom is 0.0300 e. The number of pyridine rings is 1. The third-order valence-corrected chi connectivity index (χ3v) is 3.85.